The average Bonchev–Trinajstić information content (AvgIpc) is 2.48. The fourth-order valence-corrected chi connectivity index (χ4v) is 2.17. The summed E-state index contributed by atoms with van der Waals surface area (Å²) in [4.78, 5) is 9.66. The van der Waals surface area contributed by atoms with Crippen LogP contribution in [0.2, 0.25) is 0 Å². The number of oxime groups is 1. The zero-order valence-electron chi connectivity index (χ0n) is 10.6. The molecule has 0 saturated heterocycles. The molecule has 2 rings (SSSR count). The molecular formula is C13H10N2O5S. The van der Waals surface area contributed by atoms with E-state index in [4.69, 9.17) is 0 Å². The number of hydrogen-bond donors (Lipinski definition) is 0. The van der Waals surface area contributed by atoms with E-state index in [1.807, 2.05) is 6.07 Å². The van der Waals surface area contributed by atoms with Gasteiger partial charge in [0.05, 0.1) is 11.1 Å². The molecule has 2 aromatic rings. The largest absolute Gasteiger partial charge is 0.358 e. The van der Waals surface area contributed by atoms with E-state index in [1.54, 1.807) is 24.3 Å². The summed E-state index contributed by atoms with van der Waals surface area (Å²) in [6.07, 6.45) is 1.25. The third-order valence-corrected chi connectivity index (χ3v) is 3.61. The predicted molar refractivity (Wildman–Crippen MR) is 75.4 cm³/mol. The molecule has 0 spiro atoms. The highest BCUT2D eigenvalue weighted by Gasteiger charge is 2.17. The van der Waals surface area contributed by atoms with Gasteiger partial charge < -0.3 is 0 Å². The maximum Gasteiger partial charge on any atom is 0.358 e. The van der Waals surface area contributed by atoms with Crippen LogP contribution in [0.3, 0.4) is 0 Å². The molecular weight excluding hydrogens is 296 g/mol. The molecule has 0 aliphatic heterocycles. The van der Waals surface area contributed by atoms with Gasteiger partial charge in [-0.25, -0.2) is 0 Å². The number of non-ortho nitro benzene ring substituents is 1. The highest BCUT2D eigenvalue weighted by molar-refractivity contribution is 7.86. The Balaban J connectivity index is 2.11. The van der Waals surface area contributed by atoms with Crippen LogP contribution in [0.4, 0.5) is 5.69 Å². The van der Waals surface area contributed by atoms with Crippen LogP contribution in [-0.2, 0) is 14.4 Å². The van der Waals surface area contributed by atoms with Gasteiger partial charge in [-0.3, -0.25) is 14.4 Å². The molecule has 0 radical (unpaired) electrons. The summed E-state index contributed by atoms with van der Waals surface area (Å²) in [5, 5.41) is 13.9. The lowest BCUT2D eigenvalue weighted by Gasteiger charge is -2.00. The summed E-state index contributed by atoms with van der Waals surface area (Å²) >= 11 is 0. The first-order valence-corrected chi connectivity index (χ1v) is 7.16. The van der Waals surface area contributed by atoms with Crippen molar-refractivity contribution in [3.05, 3.63) is 70.3 Å². The molecule has 21 heavy (non-hydrogen) atoms. The molecule has 0 fully saturated rings. The van der Waals surface area contributed by atoms with Crippen molar-refractivity contribution in [3.63, 3.8) is 0 Å². The predicted octanol–water partition coefficient (Wildman–Crippen LogP) is 2.33. The van der Waals surface area contributed by atoms with Crippen molar-refractivity contribution >= 4 is 22.0 Å². The summed E-state index contributed by atoms with van der Waals surface area (Å²) in [5.74, 6) is 0. The van der Waals surface area contributed by atoms with Gasteiger partial charge in [-0.2, -0.15) is 8.42 Å². The molecule has 0 unspecified atom stereocenters. The first kappa shape index (κ1) is 14.7. The Hall–Kier alpha value is -2.74. The van der Waals surface area contributed by atoms with Gasteiger partial charge in [0.2, 0.25) is 0 Å². The standard InChI is InChI=1S/C13H10N2O5S/c16-15(17)12-6-8-13(9-7-12)21(18,19)20-14-10-11-4-2-1-3-5-11/h1-10H. The van der Waals surface area contributed by atoms with Crippen molar-refractivity contribution < 1.29 is 17.6 Å². The first-order valence-electron chi connectivity index (χ1n) is 5.75. The Kier molecular flexibility index (Phi) is 4.29. The SMILES string of the molecule is O=[N+]([O-])c1ccc(S(=O)(=O)ON=Cc2ccccc2)cc1. The molecule has 108 valence electrons. The molecule has 0 aliphatic carbocycles. The van der Waals surface area contributed by atoms with Crippen LogP contribution in [0.1, 0.15) is 5.56 Å². The van der Waals surface area contributed by atoms with Crippen LogP contribution >= 0.6 is 0 Å². The highest BCUT2D eigenvalue weighted by atomic mass is 32.2. The monoisotopic (exact) mass is 306 g/mol. The Labute approximate surface area is 120 Å². The quantitative estimate of drug-likeness (QED) is 0.479. The van der Waals surface area contributed by atoms with Crippen LogP contribution in [-0.4, -0.2) is 19.6 Å². The molecule has 0 saturated carbocycles. The van der Waals surface area contributed by atoms with E-state index in [1.165, 1.54) is 6.21 Å². The summed E-state index contributed by atoms with van der Waals surface area (Å²) in [7, 11) is -4.09. The molecule has 0 aromatic heterocycles. The Bertz CT molecular complexity index is 755. The van der Waals surface area contributed by atoms with Gasteiger partial charge in [-0.05, 0) is 17.7 Å². The topological polar surface area (TPSA) is 98.9 Å². The number of rotatable bonds is 5. The van der Waals surface area contributed by atoms with E-state index in [0.717, 1.165) is 24.3 Å². The van der Waals surface area contributed by atoms with E-state index in [9.17, 15) is 18.5 Å². The molecule has 7 nitrogen and oxygen atoms in total. The summed E-state index contributed by atoms with van der Waals surface area (Å²) in [6.45, 7) is 0. The molecule has 0 aliphatic rings. The smallest absolute Gasteiger partial charge is 0.265 e. The maximum absolute atomic E-state index is 11.8. The van der Waals surface area contributed by atoms with Gasteiger partial charge >= 0.3 is 10.1 Å². The number of nitro benzene ring substituents is 1. The highest BCUT2D eigenvalue weighted by Crippen LogP contribution is 2.17. The maximum atomic E-state index is 11.8. The Morgan fingerprint density at radius 3 is 2.24 bits per heavy atom. The fraction of sp³-hybridized carbons (Fsp3) is 0. The molecule has 8 heteroatoms. The van der Waals surface area contributed by atoms with Crippen molar-refractivity contribution in [3.8, 4) is 0 Å². The number of nitrogens with zero attached hydrogens (tertiary/aromatic N) is 2. The second-order valence-corrected chi connectivity index (χ2v) is 5.45. The molecule has 0 bridgehead atoms. The van der Waals surface area contributed by atoms with Gasteiger partial charge in [-0.15, -0.1) is 0 Å². The third-order valence-electron chi connectivity index (χ3n) is 2.48. The summed E-state index contributed by atoms with van der Waals surface area (Å²) < 4.78 is 28.1. The summed E-state index contributed by atoms with van der Waals surface area (Å²) in [5.41, 5.74) is 0.470. The Morgan fingerprint density at radius 2 is 1.67 bits per heavy atom. The van der Waals surface area contributed by atoms with Gasteiger partial charge in [0, 0.05) is 12.1 Å². The first-order chi connectivity index (χ1) is 9.99. The lowest BCUT2D eigenvalue weighted by Crippen LogP contribution is -2.03. The molecule has 2 aromatic carbocycles. The molecule has 0 amide bonds. The van der Waals surface area contributed by atoms with Crippen LogP contribution in [0.5, 0.6) is 0 Å². The zero-order chi connectivity index (χ0) is 15.3. The van der Waals surface area contributed by atoms with Gasteiger partial charge in [0.25, 0.3) is 5.69 Å². The number of hydrogen-bond acceptors (Lipinski definition) is 6. The molecule has 0 heterocycles. The van der Waals surface area contributed by atoms with E-state index in [2.05, 4.69) is 9.44 Å². The number of benzene rings is 2. The zero-order valence-corrected chi connectivity index (χ0v) is 11.4. The summed E-state index contributed by atoms with van der Waals surface area (Å²) in [6, 6.07) is 13.1. The van der Waals surface area contributed by atoms with E-state index < -0.39 is 15.0 Å². The fourth-order valence-electron chi connectivity index (χ4n) is 1.46. The second-order valence-electron chi connectivity index (χ2n) is 3.92. The lowest BCUT2D eigenvalue weighted by atomic mass is 10.2. The minimum atomic E-state index is -4.09. The molecule has 0 atom stereocenters. The van der Waals surface area contributed by atoms with Gasteiger partial charge in [0.15, 0.2) is 0 Å². The normalized spacial score (nSPS) is 11.4. The van der Waals surface area contributed by atoms with E-state index >= 15 is 0 Å². The van der Waals surface area contributed by atoms with Crippen LogP contribution in [0.15, 0.2) is 64.6 Å². The molecule has 0 N–H and O–H groups in total. The minimum Gasteiger partial charge on any atom is -0.265 e. The van der Waals surface area contributed by atoms with Crippen molar-refractivity contribution in [1.82, 2.24) is 0 Å². The van der Waals surface area contributed by atoms with Crippen LogP contribution < -0.4 is 0 Å². The number of nitro groups is 1. The van der Waals surface area contributed by atoms with Crippen molar-refractivity contribution in [2.45, 2.75) is 4.90 Å². The second kappa shape index (κ2) is 6.14. The van der Waals surface area contributed by atoms with Crippen molar-refractivity contribution in [2.24, 2.45) is 5.16 Å². The van der Waals surface area contributed by atoms with Gasteiger partial charge in [0.1, 0.15) is 4.90 Å². The van der Waals surface area contributed by atoms with Crippen molar-refractivity contribution in [2.75, 3.05) is 0 Å². The van der Waals surface area contributed by atoms with E-state index in [0.29, 0.717) is 5.56 Å². The average molecular weight is 306 g/mol. The Morgan fingerprint density at radius 1 is 1.05 bits per heavy atom. The van der Waals surface area contributed by atoms with Crippen molar-refractivity contribution in [1.29, 1.82) is 0 Å². The van der Waals surface area contributed by atoms with Crippen LogP contribution in [0.25, 0.3) is 0 Å². The minimum absolute atomic E-state index is 0.207. The van der Waals surface area contributed by atoms with E-state index in [-0.39, 0.29) is 10.6 Å². The third kappa shape index (κ3) is 3.86. The van der Waals surface area contributed by atoms with Crippen LogP contribution in [0, 0.1) is 10.1 Å². The lowest BCUT2D eigenvalue weighted by molar-refractivity contribution is -0.384. The van der Waals surface area contributed by atoms with Gasteiger partial charge in [-0.1, -0.05) is 35.5 Å².